The van der Waals surface area contributed by atoms with E-state index in [1.165, 1.54) is 39.0 Å². The van der Waals surface area contributed by atoms with Crippen LogP contribution in [0.25, 0.3) is 0 Å². The van der Waals surface area contributed by atoms with Crippen molar-refractivity contribution in [3.05, 3.63) is 23.8 Å². The van der Waals surface area contributed by atoms with E-state index in [2.05, 4.69) is 14.2 Å². The summed E-state index contributed by atoms with van der Waals surface area (Å²) < 4.78 is 65.9. The van der Waals surface area contributed by atoms with Crippen molar-refractivity contribution in [3.8, 4) is 11.5 Å². The molecule has 0 spiro atoms. The number of rotatable bonds is 3. The maximum absolute atomic E-state index is 13.6. The first-order valence-corrected chi connectivity index (χ1v) is 5.91. The molecule has 0 atom stereocenters. The first kappa shape index (κ1) is 14.9. The van der Waals surface area contributed by atoms with Crippen LogP contribution in [0.3, 0.4) is 0 Å². The molecule has 0 aromatic heterocycles. The lowest BCUT2D eigenvalue weighted by Crippen LogP contribution is -2.36. The second kappa shape index (κ2) is 4.51. The predicted octanol–water partition coefficient (Wildman–Crippen LogP) is 4.16. The molecule has 1 aliphatic rings. The smallest absolute Gasteiger partial charge is 0.395 e. The van der Waals surface area contributed by atoms with Crippen LogP contribution >= 0.6 is 0 Å². The van der Waals surface area contributed by atoms with E-state index in [0.717, 1.165) is 0 Å². The summed E-state index contributed by atoms with van der Waals surface area (Å²) in [5, 5.41) is 0. The van der Waals surface area contributed by atoms with Crippen LogP contribution in [-0.4, -0.2) is 12.4 Å². The van der Waals surface area contributed by atoms with Gasteiger partial charge < -0.3 is 14.2 Å². The molecular weight excluding hydrogens is 280 g/mol. The van der Waals surface area contributed by atoms with Crippen molar-refractivity contribution in [3.63, 3.8) is 0 Å². The second-order valence-electron chi connectivity index (χ2n) is 5.50. The van der Waals surface area contributed by atoms with Gasteiger partial charge in [-0.3, -0.25) is 0 Å². The zero-order chi connectivity index (χ0) is 15.2. The van der Waals surface area contributed by atoms with Gasteiger partial charge >= 0.3 is 12.4 Å². The maximum atomic E-state index is 13.6. The Morgan fingerprint density at radius 1 is 1.10 bits per heavy atom. The summed E-state index contributed by atoms with van der Waals surface area (Å²) in [6.07, 6.45) is -7.07. The number of fused-ring (bicyclic) bond motifs is 1. The van der Waals surface area contributed by atoms with E-state index >= 15 is 0 Å². The monoisotopic (exact) mass is 294 g/mol. The van der Waals surface area contributed by atoms with Crippen LogP contribution in [0.4, 0.5) is 17.6 Å². The number of benzene rings is 1. The molecule has 0 aliphatic carbocycles. The Hall–Kier alpha value is -1.50. The van der Waals surface area contributed by atoms with Crippen LogP contribution in [0.15, 0.2) is 18.2 Å². The zero-order valence-electron chi connectivity index (χ0n) is 11.2. The van der Waals surface area contributed by atoms with E-state index in [9.17, 15) is 17.6 Å². The van der Waals surface area contributed by atoms with E-state index in [1.807, 2.05) is 0 Å². The third kappa shape index (κ3) is 2.98. The lowest BCUT2D eigenvalue weighted by Gasteiger charge is -2.29. The highest BCUT2D eigenvalue weighted by molar-refractivity contribution is 5.45. The molecule has 3 nitrogen and oxygen atoms in total. The normalized spacial score (nSPS) is 17.4. The third-order valence-electron chi connectivity index (χ3n) is 2.76. The fourth-order valence-electron chi connectivity index (χ4n) is 1.47. The van der Waals surface area contributed by atoms with Gasteiger partial charge in [0, 0.05) is 0 Å². The molecule has 112 valence electrons. The maximum Gasteiger partial charge on any atom is 0.586 e. The van der Waals surface area contributed by atoms with E-state index in [-0.39, 0.29) is 17.1 Å². The second-order valence-corrected chi connectivity index (χ2v) is 5.50. The van der Waals surface area contributed by atoms with Gasteiger partial charge in [0.25, 0.3) is 0 Å². The number of hydrogen-bond donors (Lipinski definition) is 0. The van der Waals surface area contributed by atoms with Crippen LogP contribution in [-0.2, 0) is 11.3 Å². The summed E-state index contributed by atoms with van der Waals surface area (Å²) in [6.45, 7) is 3.60. The molecule has 20 heavy (non-hydrogen) atoms. The number of halogens is 4. The minimum absolute atomic E-state index is 0.138. The molecular formula is C13H14F4O3. The summed E-state index contributed by atoms with van der Waals surface area (Å²) in [5.74, 6) is -0.337. The van der Waals surface area contributed by atoms with Crippen LogP contribution < -0.4 is 9.47 Å². The van der Waals surface area contributed by atoms with Gasteiger partial charge in [-0.25, -0.2) is 0 Å². The molecule has 0 radical (unpaired) electrons. The molecule has 0 amide bonds. The molecule has 0 unspecified atom stereocenters. The fraction of sp³-hybridized carbons (Fsp3) is 0.538. The number of alkyl halides is 4. The summed E-state index contributed by atoms with van der Waals surface area (Å²) in [6, 6.07) is 3.78. The molecule has 1 aromatic rings. The van der Waals surface area contributed by atoms with Gasteiger partial charge in [0.2, 0.25) is 0 Å². The molecule has 0 saturated carbocycles. The Morgan fingerprint density at radius 3 is 2.30 bits per heavy atom. The Kier molecular flexibility index (Phi) is 3.36. The lowest BCUT2D eigenvalue weighted by molar-refractivity contribution is -0.301. The molecule has 1 aromatic carbocycles. The first-order chi connectivity index (χ1) is 9.00. The van der Waals surface area contributed by atoms with Gasteiger partial charge in [-0.05, 0) is 17.7 Å². The molecule has 2 rings (SSSR count). The highest BCUT2D eigenvalue weighted by atomic mass is 19.3. The molecule has 0 fully saturated rings. The molecule has 7 heteroatoms. The van der Waals surface area contributed by atoms with Crippen molar-refractivity contribution >= 4 is 0 Å². The van der Waals surface area contributed by atoms with Crippen molar-refractivity contribution in [2.24, 2.45) is 5.41 Å². The Balaban J connectivity index is 2.07. The summed E-state index contributed by atoms with van der Waals surface area (Å²) in [5.41, 5.74) is -1.08. The van der Waals surface area contributed by atoms with Crippen molar-refractivity contribution in [1.82, 2.24) is 0 Å². The van der Waals surface area contributed by atoms with Crippen LogP contribution in [0.5, 0.6) is 11.5 Å². The van der Waals surface area contributed by atoms with Crippen LogP contribution in [0.2, 0.25) is 0 Å². The van der Waals surface area contributed by atoms with E-state index in [0.29, 0.717) is 0 Å². The Morgan fingerprint density at radius 2 is 1.70 bits per heavy atom. The van der Waals surface area contributed by atoms with Crippen molar-refractivity contribution in [2.75, 3.05) is 0 Å². The molecule has 0 saturated heterocycles. The van der Waals surface area contributed by atoms with Crippen molar-refractivity contribution in [1.29, 1.82) is 0 Å². The quantitative estimate of drug-likeness (QED) is 0.783. The van der Waals surface area contributed by atoms with Crippen LogP contribution in [0, 0.1) is 5.41 Å². The van der Waals surface area contributed by atoms with Crippen LogP contribution in [0.1, 0.15) is 26.3 Å². The topological polar surface area (TPSA) is 27.7 Å². The summed E-state index contributed by atoms with van der Waals surface area (Å²) >= 11 is 0. The highest BCUT2D eigenvalue weighted by Gasteiger charge is 2.45. The van der Waals surface area contributed by atoms with Gasteiger partial charge in [-0.1, -0.05) is 26.8 Å². The molecule has 0 N–H and O–H groups in total. The zero-order valence-corrected chi connectivity index (χ0v) is 11.2. The van der Waals surface area contributed by atoms with E-state index in [4.69, 9.17) is 0 Å². The lowest BCUT2D eigenvalue weighted by atomic mass is 9.95. The SMILES string of the molecule is CC(C)(C)C(F)(F)OCc1ccc2c(c1)OC(F)(F)O2. The Bertz CT molecular complexity index is 509. The summed E-state index contributed by atoms with van der Waals surface area (Å²) in [4.78, 5) is 0. The first-order valence-electron chi connectivity index (χ1n) is 5.91. The third-order valence-corrected chi connectivity index (χ3v) is 2.76. The van der Waals surface area contributed by atoms with E-state index in [1.54, 1.807) is 0 Å². The molecule has 0 bridgehead atoms. The van der Waals surface area contributed by atoms with Crippen molar-refractivity contribution in [2.45, 2.75) is 39.8 Å². The Labute approximate surface area is 113 Å². The average Bonchev–Trinajstić information content (AvgIpc) is 2.57. The molecule has 1 heterocycles. The minimum Gasteiger partial charge on any atom is -0.395 e. The van der Waals surface area contributed by atoms with Gasteiger partial charge in [-0.2, -0.15) is 8.78 Å². The summed E-state index contributed by atoms with van der Waals surface area (Å²) in [7, 11) is 0. The van der Waals surface area contributed by atoms with Gasteiger partial charge in [0.1, 0.15) is 0 Å². The highest BCUT2D eigenvalue weighted by Crippen LogP contribution is 2.42. The minimum atomic E-state index is -3.73. The predicted molar refractivity (Wildman–Crippen MR) is 61.8 cm³/mol. The average molecular weight is 294 g/mol. The number of hydrogen-bond acceptors (Lipinski definition) is 3. The van der Waals surface area contributed by atoms with Gasteiger partial charge in [-0.15, -0.1) is 8.78 Å². The fourth-order valence-corrected chi connectivity index (χ4v) is 1.47. The number of ether oxygens (including phenoxy) is 3. The largest absolute Gasteiger partial charge is 0.586 e. The molecule has 1 aliphatic heterocycles. The van der Waals surface area contributed by atoms with E-state index < -0.39 is 24.4 Å². The van der Waals surface area contributed by atoms with Gasteiger partial charge in [0.05, 0.1) is 12.0 Å². The van der Waals surface area contributed by atoms with Crippen molar-refractivity contribution < 1.29 is 31.8 Å². The standard InChI is InChI=1S/C13H14F4O3/c1-11(2,3)12(14,15)18-7-8-4-5-9-10(6-8)20-13(16,17)19-9/h4-6H,7H2,1-3H3. The van der Waals surface area contributed by atoms with Gasteiger partial charge in [0.15, 0.2) is 11.5 Å².